The summed E-state index contributed by atoms with van der Waals surface area (Å²) in [6.07, 6.45) is 0.749. The molecule has 21 heavy (non-hydrogen) atoms. The molecule has 2 fully saturated rings. The highest BCUT2D eigenvalue weighted by atomic mass is 16.5. The maximum absolute atomic E-state index is 11.8. The molecule has 120 valence electrons. The van der Waals surface area contributed by atoms with E-state index in [0.717, 1.165) is 26.3 Å². The number of rotatable bonds is 5. The lowest BCUT2D eigenvalue weighted by Crippen LogP contribution is -2.39. The van der Waals surface area contributed by atoms with Crippen LogP contribution < -0.4 is 5.32 Å². The van der Waals surface area contributed by atoms with E-state index in [-0.39, 0.29) is 24.0 Å². The third-order valence-electron chi connectivity index (χ3n) is 3.86. The highest BCUT2D eigenvalue weighted by molar-refractivity contribution is 5.81. The van der Waals surface area contributed by atoms with Gasteiger partial charge < -0.3 is 19.7 Å². The summed E-state index contributed by atoms with van der Waals surface area (Å²) in [7, 11) is 3.46. The van der Waals surface area contributed by atoms with Gasteiger partial charge in [-0.1, -0.05) is 0 Å². The number of nitrogens with one attached hydrogen (secondary N) is 1. The lowest BCUT2D eigenvalue weighted by atomic mass is 10.2. The summed E-state index contributed by atoms with van der Waals surface area (Å²) >= 11 is 0. The standard InChI is InChI=1S/C14H25N3O4/c1-16(2)14(19)12-9-11(10-15-12)21-13(18)3-4-17-5-7-20-8-6-17/h11-12,15H,3-10H2,1-2H3. The van der Waals surface area contributed by atoms with Gasteiger partial charge in [0.05, 0.1) is 25.7 Å². The van der Waals surface area contributed by atoms with Crippen LogP contribution in [0.25, 0.3) is 0 Å². The van der Waals surface area contributed by atoms with E-state index in [1.165, 1.54) is 0 Å². The summed E-state index contributed by atoms with van der Waals surface area (Å²) in [5.74, 6) is -0.159. The number of amides is 1. The zero-order chi connectivity index (χ0) is 15.2. The molecule has 0 radical (unpaired) electrons. The van der Waals surface area contributed by atoms with Gasteiger partial charge in [0.2, 0.25) is 5.91 Å². The second-order valence-electron chi connectivity index (χ2n) is 5.75. The van der Waals surface area contributed by atoms with Gasteiger partial charge in [0.1, 0.15) is 6.10 Å². The quantitative estimate of drug-likeness (QED) is 0.662. The Bertz CT molecular complexity index is 369. The Hall–Kier alpha value is -1.18. The van der Waals surface area contributed by atoms with Crippen molar-refractivity contribution in [1.82, 2.24) is 15.1 Å². The third kappa shape index (κ3) is 4.94. The Morgan fingerprint density at radius 1 is 1.33 bits per heavy atom. The Kier molecular flexibility index (Phi) is 5.96. The van der Waals surface area contributed by atoms with Crippen molar-refractivity contribution in [3.05, 3.63) is 0 Å². The van der Waals surface area contributed by atoms with Crippen molar-refractivity contribution in [3.8, 4) is 0 Å². The second-order valence-corrected chi connectivity index (χ2v) is 5.75. The average Bonchev–Trinajstić information content (AvgIpc) is 2.93. The molecule has 0 aromatic carbocycles. The van der Waals surface area contributed by atoms with Crippen molar-refractivity contribution < 1.29 is 19.1 Å². The van der Waals surface area contributed by atoms with E-state index in [0.29, 0.717) is 25.9 Å². The van der Waals surface area contributed by atoms with Crippen LogP contribution in [0.3, 0.4) is 0 Å². The van der Waals surface area contributed by atoms with E-state index < -0.39 is 0 Å². The molecule has 1 amide bonds. The number of ether oxygens (including phenoxy) is 2. The van der Waals surface area contributed by atoms with Gasteiger partial charge in [0.15, 0.2) is 0 Å². The van der Waals surface area contributed by atoms with E-state index in [9.17, 15) is 9.59 Å². The predicted molar refractivity (Wildman–Crippen MR) is 76.9 cm³/mol. The minimum absolute atomic E-state index is 0.0295. The second kappa shape index (κ2) is 7.72. The number of esters is 1. The molecule has 7 heteroatoms. The maximum Gasteiger partial charge on any atom is 0.307 e. The monoisotopic (exact) mass is 299 g/mol. The Balaban J connectivity index is 1.65. The van der Waals surface area contributed by atoms with Crippen LogP contribution in [0.15, 0.2) is 0 Å². The summed E-state index contributed by atoms with van der Waals surface area (Å²) in [6, 6.07) is -0.239. The van der Waals surface area contributed by atoms with E-state index in [4.69, 9.17) is 9.47 Å². The first-order chi connectivity index (χ1) is 10.1. The topological polar surface area (TPSA) is 71.1 Å². The third-order valence-corrected chi connectivity index (χ3v) is 3.86. The molecule has 0 aliphatic carbocycles. The molecule has 0 spiro atoms. The van der Waals surface area contributed by atoms with Gasteiger partial charge in [-0.2, -0.15) is 0 Å². The van der Waals surface area contributed by atoms with E-state index in [2.05, 4.69) is 10.2 Å². The molecule has 7 nitrogen and oxygen atoms in total. The van der Waals surface area contributed by atoms with Gasteiger partial charge in [-0.3, -0.25) is 14.5 Å². The summed E-state index contributed by atoms with van der Waals surface area (Å²) in [4.78, 5) is 27.4. The molecular formula is C14H25N3O4. The molecule has 2 atom stereocenters. The average molecular weight is 299 g/mol. The number of nitrogens with zero attached hydrogens (tertiary/aromatic N) is 2. The largest absolute Gasteiger partial charge is 0.461 e. The van der Waals surface area contributed by atoms with Crippen molar-refractivity contribution in [2.45, 2.75) is 25.0 Å². The first-order valence-corrected chi connectivity index (χ1v) is 7.50. The number of hydrogen-bond acceptors (Lipinski definition) is 6. The molecule has 2 saturated heterocycles. The van der Waals surface area contributed by atoms with Gasteiger partial charge in [0.25, 0.3) is 0 Å². The minimum Gasteiger partial charge on any atom is -0.461 e. The molecule has 2 aliphatic rings. The normalized spacial score (nSPS) is 26.6. The molecule has 2 heterocycles. The number of hydrogen-bond donors (Lipinski definition) is 1. The number of carbonyl (C=O) groups is 2. The molecule has 2 aliphatic heterocycles. The fraction of sp³-hybridized carbons (Fsp3) is 0.857. The summed E-state index contributed by atoms with van der Waals surface area (Å²) in [5, 5.41) is 3.10. The van der Waals surface area contributed by atoms with Gasteiger partial charge in [-0.05, 0) is 0 Å². The highest BCUT2D eigenvalue weighted by Gasteiger charge is 2.32. The first kappa shape index (κ1) is 16.2. The zero-order valence-corrected chi connectivity index (χ0v) is 12.8. The van der Waals surface area contributed by atoms with Crippen LogP contribution in [0.4, 0.5) is 0 Å². The lowest BCUT2D eigenvalue weighted by molar-refractivity contribution is -0.149. The molecule has 2 rings (SSSR count). The van der Waals surface area contributed by atoms with Crippen LogP contribution in [0.1, 0.15) is 12.8 Å². The molecule has 0 aromatic rings. The van der Waals surface area contributed by atoms with Crippen molar-refractivity contribution in [2.24, 2.45) is 0 Å². The van der Waals surface area contributed by atoms with Gasteiger partial charge >= 0.3 is 5.97 Å². The Morgan fingerprint density at radius 2 is 2.05 bits per heavy atom. The van der Waals surface area contributed by atoms with Crippen molar-refractivity contribution in [2.75, 3.05) is 53.5 Å². The van der Waals surface area contributed by atoms with Crippen molar-refractivity contribution >= 4 is 11.9 Å². The molecule has 1 N–H and O–H groups in total. The SMILES string of the molecule is CN(C)C(=O)C1CC(OC(=O)CCN2CCOCC2)CN1. The molecule has 2 unspecified atom stereocenters. The predicted octanol–water partition coefficient (Wildman–Crippen LogP) is -0.929. The van der Waals surface area contributed by atoms with E-state index in [1.807, 2.05) is 0 Å². The summed E-state index contributed by atoms with van der Waals surface area (Å²) in [5.41, 5.74) is 0. The number of likely N-dealkylation sites (N-methyl/N-ethyl adjacent to an activating group) is 1. The highest BCUT2D eigenvalue weighted by Crippen LogP contribution is 2.13. The summed E-state index contributed by atoms with van der Waals surface area (Å²) in [6.45, 7) is 4.47. The van der Waals surface area contributed by atoms with Crippen molar-refractivity contribution in [3.63, 3.8) is 0 Å². The minimum atomic E-state index is -0.239. The van der Waals surface area contributed by atoms with Gasteiger partial charge in [-0.15, -0.1) is 0 Å². The number of morpholine rings is 1. The lowest BCUT2D eigenvalue weighted by Gasteiger charge is -2.26. The molecular weight excluding hydrogens is 274 g/mol. The van der Waals surface area contributed by atoms with Crippen LogP contribution >= 0.6 is 0 Å². The van der Waals surface area contributed by atoms with Gasteiger partial charge in [-0.25, -0.2) is 0 Å². The van der Waals surface area contributed by atoms with Crippen molar-refractivity contribution in [1.29, 1.82) is 0 Å². The van der Waals surface area contributed by atoms with Crippen LogP contribution in [-0.4, -0.2) is 87.3 Å². The molecule has 0 saturated carbocycles. The maximum atomic E-state index is 11.8. The van der Waals surface area contributed by atoms with E-state index >= 15 is 0 Å². The van der Waals surface area contributed by atoms with Crippen LogP contribution in [0.2, 0.25) is 0 Å². The fourth-order valence-electron chi connectivity index (χ4n) is 2.61. The van der Waals surface area contributed by atoms with Crippen LogP contribution in [0.5, 0.6) is 0 Å². The molecule has 0 bridgehead atoms. The zero-order valence-electron chi connectivity index (χ0n) is 12.8. The molecule has 0 aromatic heterocycles. The Labute approximate surface area is 125 Å². The number of carbonyl (C=O) groups excluding carboxylic acids is 2. The van der Waals surface area contributed by atoms with Crippen LogP contribution in [-0.2, 0) is 19.1 Å². The smallest absolute Gasteiger partial charge is 0.307 e. The first-order valence-electron chi connectivity index (χ1n) is 7.50. The fourth-order valence-corrected chi connectivity index (χ4v) is 2.61. The Morgan fingerprint density at radius 3 is 2.71 bits per heavy atom. The summed E-state index contributed by atoms with van der Waals surface area (Å²) < 4.78 is 10.7. The van der Waals surface area contributed by atoms with Crippen LogP contribution in [0, 0.1) is 0 Å². The van der Waals surface area contributed by atoms with E-state index in [1.54, 1.807) is 19.0 Å². The van der Waals surface area contributed by atoms with Gasteiger partial charge in [0, 0.05) is 46.7 Å².